The number of aromatic nitrogens is 7. The van der Waals surface area contributed by atoms with E-state index in [9.17, 15) is 26.3 Å². The van der Waals surface area contributed by atoms with Gasteiger partial charge in [0.25, 0.3) is 0 Å². The Morgan fingerprint density at radius 2 is 0.898 bits per heavy atom. The third-order valence-electron chi connectivity index (χ3n) is 9.89. The Morgan fingerprint density at radius 3 is 1.49 bits per heavy atom. The van der Waals surface area contributed by atoms with Crippen molar-refractivity contribution in [3.05, 3.63) is 162 Å². The number of halogens is 6. The third kappa shape index (κ3) is 7.15. The lowest BCUT2D eigenvalue weighted by Gasteiger charge is -2.18. The Balaban J connectivity index is 1.38. The lowest BCUT2D eigenvalue weighted by molar-refractivity contribution is -0.143. The van der Waals surface area contributed by atoms with Gasteiger partial charge in [-0.1, -0.05) is 97.1 Å². The highest BCUT2D eigenvalue weighted by atomic mass is 19.4. The van der Waals surface area contributed by atoms with Crippen LogP contribution in [0.4, 0.5) is 26.3 Å². The Morgan fingerprint density at radius 1 is 0.390 bits per heavy atom. The number of hydrogen-bond donors (Lipinski definition) is 0. The number of aryl methyl sites for hydroxylation is 2. The number of hydrogen-bond acceptors (Lipinski definition) is 6. The van der Waals surface area contributed by atoms with Gasteiger partial charge in [-0.2, -0.15) is 26.3 Å². The largest absolute Gasteiger partial charge is 0.416 e. The summed E-state index contributed by atoms with van der Waals surface area (Å²) in [5.41, 5.74) is 1.27. The number of fused-ring (bicyclic) bond motifs is 3. The summed E-state index contributed by atoms with van der Waals surface area (Å²) in [6.07, 6.45) is -10.1. The molecule has 0 amide bonds. The highest BCUT2D eigenvalue weighted by molar-refractivity contribution is 6.10. The quantitative estimate of drug-likeness (QED) is 0.156. The maximum atomic E-state index is 14.2. The Labute approximate surface area is 332 Å². The zero-order valence-corrected chi connectivity index (χ0v) is 31.2. The van der Waals surface area contributed by atoms with Gasteiger partial charge in [0.2, 0.25) is 0 Å². The van der Waals surface area contributed by atoms with Crippen LogP contribution in [-0.4, -0.2) is 34.5 Å². The molecule has 0 saturated carbocycles. The second-order valence-electron chi connectivity index (χ2n) is 13.9. The van der Waals surface area contributed by atoms with Crippen LogP contribution < -0.4 is 0 Å². The summed E-state index contributed by atoms with van der Waals surface area (Å²) in [6, 6.07) is 38.2. The summed E-state index contributed by atoms with van der Waals surface area (Å²) in [6.45, 7) is 3.54. The van der Waals surface area contributed by atoms with E-state index < -0.39 is 23.5 Å². The smallest absolute Gasteiger partial charge is 0.308 e. The van der Waals surface area contributed by atoms with Gasteiger partial charge in [-0.3, -0.25) is 0 Å². The number of para-hydroxylation sites is 1. The number of nitrogens with zero attached hydrogens (tertiary/aromatic N) is 7. The molecule has 13 heteroatoms. The van der Waals surface area contributed by atoms with E-state index in [1.807, 2.05) is 108 Å². The van der Waals surface area contributed by atoms with E-state index in [2.05, 4.69) is 15.0 Å². The predicted molar refractivity (Wildman–Crippen MR) is 214 cm³/mol. The minimum atomic E-state index is -5.04. The van der Waals surface area contributed by atoms with Crippen molar-refractivity contribution in [1.82, 2.24) is 34.5 Å². The van der Waals surface area contributed by atoms with Crippen LogP contribution in [0, 0.1) is 13.8 Å². The second kappa shape index (κ2) is 14.3. The van der Waals surface area contributed by atoms with Gasteiger partial charge in [0.1, 0.15) is 11.6 Å². The van der Waals surface area contributed by atoms with Crippen LogP contribution in [0.15, 0.2) is 140 Å². The molecule has 0 bridgehead atoms. The molecule has 0 aliphatic heterocycles. The van der Waals surface area contributed by atoms with Gasteiger partial charge in [-0.15, -0.1) is 0 Å². The maximum Gasteiger partial charge on any atom is 0.416 e. The minimum Gasteiger partial charge on any atom is -0.308 e. The minimum absolute atomic E-state index is 0.103. The van der Waals surface area contributed by atoms with Crippen molar-refractivity contribution >= 4 is 21.8 Å². The van der Waals surface area contributed by atoms with E-state index in [0.29, 0.717) is 68.1 Å². The molecular formula is C46H29F6N7. The molecule has 59 heavy (non-hydrogen) atoms. The fourth-order valence-electron chi connectivity index (χ4n) is 7.25. The van der Waals surface area contributed by atoms with Crippen LogP contribution >= 0.6 is 0 Å². The SMILES string of the molecule is Cc1nc(C)nc(-c2ccc3c4ccccc4n(-c4cc(-c5cc(C(F)(F)F)cc(C(F)(F)F)c5)ccc4-c4nc(-c5ccccc5)nc(-c5ccccc5)n4)c3c2)n1. The molecule has 0 radical (unpaired) electrons. The van der Waals surface area contributed by atoms with Crippen molar-refractivity contribution in [3.8, 4) is 62.4 Å². The fraction of sp³-hybridized carbons (Fsp3) is 0.0870. The molecule has 0 N–H and O–H groups in total. The Bertz CT molecular complexity index is 2940. The first-order chi connectivity index (χ1) is 28.3. The second-order valence-corrected chi connectivity index (χ2v) is 13.9. The van der Waals surface area contributed by atoms with Gasteiger partial charge in [0.05, 0.1) is 27.8 Å². The molecule has 9 rings (SSSR count). The summed E-state index contributed by atoms with van der Waals surface area (Å²) in [5, 5.41) is 1.67. The molecule has 9 aromatic rings. The lowest BCUT2D eigenvalue weighted by atomic mass is 9.97. The summed E-state index contributed by atoms with van der Waals surface area (Å²) in [4.78, 5) is 28.2. The summed E-state index contributed by atoms with van der Waals surface area (Å²) >= 11 is 0. The molecule has 6 aromatic carbocycles. The first-order valence-electron chi connectivity index (χ1n) is 18.3. The van der Waals surface area contributed by atoms with Gasteiger partial charge in [-0.25, -0.2) is 29.9 Å². The predicted octanol–water partition coefficient (Wildman–Crippen LogP) is 12.1. The highest BCUT2D eigenvalue weighted by Gasteiger charge is 2.37. The molecule has 0 aliphatic carbocycles. The van der Waals surface area contributed by atoms with Crippen molar-refractivity contribution in [2.75, 3.05) is 0 Å². The maximum absolute atomic E-state index is 14.2. The van der Waals surface area contributed by atoms with Crippen LogP contribution in [0.3, 0.4) is 0 Å². The van der Waals surface area contributed by atoms with E-state index in [-0.39, 0.29) is 23.0 Å². The monoisotopic (exact) mass is 793 g/mol. The van der Waals surface area contributed by atoms with Gasteiger partial charge in [-0.05, 0) is 67.4 Å². The standard InChI is InChI=1S/C46H29F6N7/c1-26-53-27(2)55-43(54-26)31-18-19-36-35-15-9-10-16-38(35)59(39(36)24-31)40-23-30(32-21-33(45(47,48)49)25-34(22-32)46(50,51)52)17-20-37(40)44-57-41(28-11-5-3-6-12-28)56-42(58-44)29-13-7-4-8-14-29/h3-25H,1-2H3. The molecule has 3 aromatic heterocycles. The summed E-state index contributed by atoms with van der Waals surface area (Å²) in [5.74, 6) is 2.44. The third-order valence-corrected chi connectivity index (χ3v) is 9.89. The molecule has 0 atom stereocenters. The topological polar surface area (TPSA) is 82.3 Å². The zero-order valence-electron chi connectivity index (χ0n) is 31.2. The molecule has 3 heterocycles. The zero-order chi connectivity index (χ0) is 41.1. The van der Waals surface area contributed by atoms with Crippen LogP contribution in [0.25, 0.3) is 84.2 Å². The van der Waals surface area contributed by atoms with Crippen molar-refractivity contribution < 1.29 is 26.3 Å². The van der Waals surface area contributed by atoms with Crippen molar-refractivity contribution in [1.29, 1.82) is 0 Å². The highest BCUT2D eigenvalue weighted by Crippen LogP contribution is 2.42. The molecule has 290 valence electrons. The van der Waals surface area contributed by atoms with Gasteiger partial charge in [0, 0.05) is 33.0 Å². The van der Waals surface area contributed by atoms with E-state index in [4.69, 9.17) is 15.0 Å². The molecule has 0 fully saturated rings. The van der Waals surface area contributed by atoms with Gasteiger partial charge < -0.3 is 4.57 Å². The van der Waals surface area contributed by atoms with E-state index in [1.54, 1.807) is 26.0 Å². The summed E-state index contributed by atoms with van der Waals surface area (Å²) in [7, 11) is 0. The van der Waals surface area contributed by atoms with Crippen LogP contribution in [-0.2, 0) is 12.4 Å². The number of benzene rings is 6. The molecular weight excluding hydrogens is 765 g/mol. The molecule has 7 nitrogen and oxygen atoms in total. The number of alkyl halides is 6. The molecule has 0 saturated heterocycles. The average Bonchev–Trinajstić information content (AvgIpc) is 3.56. The van der Waals surface area contributed by atoms with E-state index in [1.165, 1.54) is 6.07 Å². The van der Waals surface area contributed by atoms with Crippen LogP contribution in [0.5, 0.6) is 0 Å². The van der Waals surface area contributed by atoms with Crippen molar-refractivity contribution in [3.63, 3.8) is 0 Å². The van der Waals surface area contributed by atoms with E-state index in [0.717, 1.165) is 22.9 Å². The normalized spacial score (nSPS) is 12.1. The van der Waals surface area contributed by atoms with E-state index >= 15 is 0 Å². The van der Waals surface area contributed by atoms with Gasteiger partial charge >= 0.3 is 12.4 Å². The number of rotatable bonds is 6. The average molecular weight is 794 g/mol. The summed E-state index contributed by atoms with van der Waals surface area (Å²) < 4.78 is 86.9. The fourth-order valence-corrected chi connectivity index (χ4v) is 7.25. The Kier molecular flexibility index (Phi) is 9.03. The lowest BCUT2D eigenvalue weighted by Crippen LogP contribution is -2.11. The first-order valence-corrected chi connectivity index (χ1v) is 18.3. The van der Waals surface area contributed by atoms with Crippen LogP contribution in [0.2, 0.25) is 0 Å². The molecule has 0 aliphatic rings. The Hall–Kier alpha value is -7.28. The van der Waals surface area contributed by atoms with Crippen molar-refractivity contribution in [2.24, 2.45) is 0 Å². The van der Waals surface area contributed by atoms with Crippen LogP contribution in [0.1, 0.15) is 22.8 Å². The first kappa shape index (κ1) is 37.3. The van der Waals surface area contributed by atoms with Crippen molar-refractivity contribution in [2.45, 2.75) is 26.2 Å². The van der Waals surface area contributed by atoms with Gasteiger partial charge in [0.15, 0.2) is 23.3 Å². The molecule has 0 unspecified atom stereocenters. The molecule has 0 spiro atoms.